The Balaban J connectivity index is 2.31. The Morgan fingerprint density at radius 2 is 1.62 bits per heavy atom. The van der Waals surface area contributed by atoms with E-state index < -0.39 is 5.41 Å². The maximum absolute atomic E-state index is 12.8. The number of hydrogen-bond acceptors (Lipinski definition) is 2. The van der Waals surface area contributed by atoms with Crippen molar-refractivity contribution in [3.05, 3.63) is 70.9 Å². The number of anilines is 1. The fraction of sp³-hybridized carbons (Fsp3) is 0.273. The van der Waals surface area contributed by atoms with Crippen LogP contribution in [0.1, 0.15) is 37.5 Å². The van der Waals surface area contributed by atoms with Crippen molar-refractivity contribution in [3.8, 4) is 0 Å². The first kappa shape index (κ1) is 19.4. The van der Waals surface area contributed by atoms with Crippen molar-refractivity contribution in [1.82, 2.24) is 5.32 Å². The number of aryl methyl sites for hydroxylation is 2. The fourth-order valence-corrected chi connectivity index (χ4v) is 2.33. The molecule has 0 spiro atoms. The lowest BCUT2D eigenvalue weighted by molar-refractivity contribution is -0.128. The molecule has 2 amide bonds. The van der Waals surface area contributed by atoms with Crippen molar-refractivity contribution >= 4 is 23.6 Å². The molecule has 0 aliphatic carbocycles. The number of carbonyl (C=O) groups excluding carboxylic acids is 2. The minimum Gasteiger partial charge on any atom is -0.321 e. The fourth-order valence-electron chi connectivity index (χ4n) is 2.33. The number of hydrogen-bond donors (Lipinski definition) is 2. The second kappa shape index (κ2) is 8.00. The lowest BCUT2D eigenvalue weighted by Gasteiger charge is -2.19. The predicted octanol–water partition coefficient (Wildman–Crippen LogP) is 4.45. The van der Waals surface area contributed by atoms with E-state index in [1.165, 1.54) is 0 Å². The van der Waals surface area contributed by atoms with E-state index in [0.717, 1.165) is 22.4 Å². The summed E-state index contributed by atoms with van der Waals surface area (Å²) in [5.74, 6) is -0.561. The van der Waals surface area contributed by atoms with Gasteiger partial charge < -0.3 is 10.6 Å². The van der Waals surface area contributed by atoms with Crippen LogP contribution in [0.25, 0.3) is 6.08 Å². The van der Waals surface area contributed by atoms with E-state index in [9.17, 15) is 9.59 Å². The molecule has 2 aromatic carbocycles. The second-order valence-electron chi connectivity index (χ2n) is 7.45. The maximum atomic E-state index is 12.8. The summed E-state index contributed by atoms with van der Waals surface area (Å²) in [7, 11) is 0. The molecule has 26 heavy (non-hydrogen) atoms. The number of benzene rings is 2. The molecule has 0 saturated carbocycles. The van der Waals surface area contributed by atoms with E-state index in [4.69, 9.17) is 0 Å². The zero-order valence-electron chi connectivity index (χ0n) is 16.0. The molecule has 0 heterocycles. The van der Waals surface area contributed by atoms with Gasteiger partial charge in [-0.05, 0) is 37.1 Å². The Kier molecular flexibility index (Phi) is 5.98. The molecule has 0 aliphatic rings. The molecular weight excluding hydrogens is 324 g/mol. The van der Waals surface area contributed by atoms with Crippen molar-refractivity contribution in [2.75, 3.05) is 5.32 Å². The molecule has 2 rings (SSSR count). The minimum absolute atomic E-state index is 0.213. The summed E-state index contributed by atoms with van der Waals surface area (Å²) < 4.78 is 0. The summed E-state index contributed by atoms with van der Waals surface area (Å²) in [5.41, 5.74) is 3.28. The van der Waals surface area contributed by atoms with Crippen molar-refractivity contribution in [3.63, 3.8) is 0 Å². The summed E-state index contributed by atoms with van der Waals surface area (Å²) in [4.78, 5) is 25.2. The van der Waals surface area contributed by atoms with E-state index in [1.807, 2.05) is 83.1 Å². The van der Waals surface area contributed by atoms with Crippen LogP contribution in [0.4, 0.5) is 5.69 Å². The van der Waals surface area contributed by atoms with Crippen LogP contribution >= 0.6 is 0 Å². The van der Waals surface area contributed by atoms with E-state index >= 15 is 0 Å². The standard InChI is InChI=1S/C22H26N2O2/c1-15-11-12-18(16(2)13-15)23-20(25)19(24-21(26)22(3,4)5)14-17-9-7-6-8-10-17/h6-14H,1-5H3,(H,23,25)(H,24,26)/b19-14+. The topological polar surface area (TPSA) is 58.2 Å². The average Bonchev–Trinajstić information content (AvgIpc) is 2.56. The molecule has 0 saturated heterocycles. The van der Waals surface area contributed by atoms with E-state index in [2.05, 4.69) is 10.6 Å². The molecule has 0 unspecified atom stereocenters. The van der Waals surface area contributed by atoms with E-state index in [-0.39, 0.29) is 17.5 Å². The summed E-state index contributed by atoms with van der Waals surface area (Å²) in [6.07, 6.45) is 1.68. The van der Waals surface area contributed by atoms with E-state index in [0.29, 0.717) is 0 Å². The molecule has 4 heteroatoms. The van der Waals surface area contributed by atoms with Crippen molar-refractivity contribution in [2.45, 2.75) is 34.6 Å². The normalized spacial score (nSPS) is 11.8. The highest BCUT2D eigenvalue weighted by atomic mass is 16.2. The van der Waals surface area contributed by atoms with Gasteiger partial charge in [-0.15, -0.1) is 0 Å². The molecular formula is C22H26N2O2. The largest absolute Gasteiger partial charge is 0.321 e. The van der Waals surface area contributed by atoms with Crippen molar-refractivity contribution < 1.29 is 9.59 Å². The highest BCUT2D eigenvalue weighted by Gasteiger charge is 2.24. The van der Waals surface area contributed by atoms with Gasteiger partial charge in [0.05, 0.1) is 0 Å². The molecule has 0 radical (unpaired) electrons. The van der Waals surface area contributed by atoms with Crippen LogP contribution in [0.3, 0.4) is 0 Å². The Labute approximate surface area is 155 Å². The smallest absolute Gasteiger partial charge is 0.272 e. The summed E-state index contributed by atoms with van der Waals surface area (Å²) in [6, 6.07) is 15.3. The van der Waals surface area contributed by atoms with Crippen LogP contribution in [0, 0.1) is 19.3 Å². The first-order chi connectivity index (χ1) is 12.2. The molecule has 2 N–H and O–H groups in total. The Morgan fingerprint density at radius 3 is 2.19 bits per heavy atom. The number of carbonyl (C=O) groups is 2. The summed E-state index contributed by atoms with van der Waals surface area (Å²) in [6.45, 7) is 9.37. The van der Waals surface area contributed by atoms with Gasteiger partial charge in [0.2, 0.25) is 5.91 Å². The zero-order chi connectivity index (χ0) is 19.3. The van der Waals surface area contributed by atoms with Crippen molar-refractivity contribution in [1.29, 1.82) is 0 Å². The lowest BCUT2D eigenvalue weighted by atomic mass is 9.95. The molecule has 4 nitrogen and oxygen atoms in total. The van der Waals surface area contributed by atoms with Crippen LogP contribution < -0.4 is 10.6 Å². The van der Waals surface area contributed by atoms with Gasteiger partial charge in [0, 0.05) is 11.1 Å². The van der Waals surface area contributed by atoms with Crippen LogP contribution in [-0.4, -0.2) is 11.8 Å². The predicted molar refractivity (Wildman–Crippen MR) is 107 cm³/mol. The zero-order valence-corrected chi connectivity index (χ0v) is 16.0. The molecule has 0 fully saturated rings. The van der Waals surface area contributed by atoms with Crippen LogP contribution in [-0.2, 0) is 9.59 Å². The molecule has 0 atom stereocenters. The maximum Gasteiger partial charge on any atom is 0.272 e. The Morgan fingerprint density at radius 1 is 0.962 bits per heavy atom. The highest BCUT2D eigenvalue weighted by Crippen LogP contribution is 2.18. The van der Waals surface area contributed by atoms with Crippen LogP contribution in [0.2, 0.25) is 0 Å². The van der Waals surface area contributed by atoms with Crippen LogP contribution in [0.15, 0.2) is 54.2 Å². The van der Waals surface area contributed by atoms with Gasteiger partial charge in [-0.25, -0.2) is 0 Å². The highest BCUT2D eigenvalue weighted by molar-refractivity contribution is 6.09. The van der Waals surface area contributed by atoms with Gasteiger partial charge in [-0.2, -0.15) is 0 Å². The Bertz CT molecular complexity index is 831. The first-order valence-electron chi connectivity index (χ1n) is 8.63. The van der Waals surface area contributed by atoms with Crippen LogP contribution in [0.5, 0.6) is 0 Å². The van der Waals surface area contributed by atoms with Gasteiger partial charge in [-0.1, -0.05) is 68.8 Å². The molecule has 0 aromatic heterocycles. The monoisotopic (exact) mass is 350 g/mol. The average molecular weight is 350 g/mol. The second-order valence-corrected chi connectivity index (χ2v) is 7.45. The minimum atomic E-state index is -0.601. The third kappa shape index (κ3) is 5.31. The van der Waals surface area contributed by atoms with Gasteiger partial charge in [0.15, 0.2) is 0 Å². The molecule has 2 aromatic rings. The molecule has 0 aliphatic heterocycles. The van der Waals surface area contributed by atoms with Gasteiger partial charge in [-0.3, -0.25) is 9.59 Å². The van der Waals surface area contributed by atoms with E-state index in [1.54, 1.807) is 6.08 Å². The lowest BCUT2D eigenvalue weighted by Crippen LogP contribution is -2.38. The quantitative estimate of drug-likeness (QED) is 0.801. The van der Waals surface area contributed by atoms with Gasteiger partial charge in [0.1, 0.15) is 5.70 Å². The van der Waals surface area contributed by atoms with Crippen molar-refractivity contribution in [2.24, 2.45) is 5.41 Å². The summed E-state index contributed by atoms with van der Waals surface area (Å²) >= 11 is 0. The van der Waals surface area contributed by atoms with Gasteiger partial charge in [0.25, 0.3) is 5.91 Å². The SMILES string of the molecule is Cc1ccc(NC(=O)/C(=C\c2ccccc2)NC(=O)C(C)(C)C)c(C)c1. The third-order valence-corrected chi connectivity index (χ3v) is 3.91. The molecule has 136 valence electrons. The third-order valence-electron chi connectivity index (χ3n) is 3.91. The molecule has 0 bridgehead atoms. The first-order valence-corrected chi connectivity index (χ1v) is 8.63. The number of nitrogens with one attached hydrogen (secondary N) is 2. The summed E-state index contributed by atoms with van der Waals surface area (Å²) in [5, 5.41) is 5.66. The Hall–Kier alpha value is -2.88. The van der Waals surface area contributed by atoms with Gasteiger partial charge >= 0.3 is 0 Å². The number of amides is 2. The number of rotatable bonds is 4.